The van der Waals surface area contributed by atoms with Gasteiger partial charge in [-0.15, -0.1) is 0 Å². The molecule has 0 bridgehead atoms. The third-order valence-corrected chi connectivity index (χ3v) is 2.67. The Balaban J connectivity index is 2.15. The van der Waals surface area contributed by atoms with Crippen molar-refractivity contribution in [2.75, 3.05) is 20.3 Å². The number of rotatable bonds is 1. The highest BCUT2D eigenvalue weighted by Gasteiger charge is 2.62. The number of hydrogen-bond acceptors (Lipinski definition) is 4. The lowest BCUT2D eigenvalue weighted by Crippen LogP contribution is -2.73. The first-order chi connectivity index (χ1) is 5.70. The van der Waals surface area contributed by atoms with Gasteiger partial charge in [-0.05, 0) is 6.92 Å². The van der Waals surface area contributed by atoms with Gasteiger partial charge in [-0.25, -0.2) is 0 Å². The van der Waals surface area contributed by atoms with Crippen LogP contribution in [0.4, 0.5) is 0 Å². The predicted molar refractivity (Wildman–Crippen MR) is 39.9 cm³/mol. The molecule has 4 heteroatoms. The molecule has 0 unspecified atom stereocenters. The Morgan fingerprint density at radius 1 is 1.50 bits per heavy atom. The normalized spacial score (nSPS) is 46.7. The molecule has 2 aliphatic rings. The summed E-state index contributed by atoms with van der Waals surface area (Å²) in [6.45, 7) is 2.80. The zero-order valence-corrected chi connectivity index (χ0v) is 7.20. The Morgan fingerprint density at radius 3 is 2.83 bits per heavy atom. The molecule has 0 N–H and O–H groups in total. The summed E-state index contributed by atoms with van der Waals surface area (Å²) in [5.41, 5.74) is -0.773. The zero-order valence-electron chi connectivity index (χ0n) is 7.20. The van der Waals surface area contributed by atoms with Gasteiger partial charge in [0.05, 0.1) is 13.2 Å². The molecule has 0 radical (unpaired) electrons. The molecule has 1 saturated carbocycles. The number of carbonyl (C=O) groups excluding carboxylic acids is 1. The van der Waals surface area contributed by atoms with E-state index in [-0.39, 0.29) is 18.0 Å². The first kappa shape index (κ1) is 8.16. The summed E-state index contributed by atoms with van der Waals surface area (Å²) >= 11 is 0. The van der Waals surface area contributed by atoms with Crippen molar-refractivity contribution >= 4 is 5.78 Å². The van der Waals surface area contributed by atoms with Gasteiger partial charge in [0, 0.05) is 7.11 Å². The van der Waals surface area contributed by atoms with Gasteiger partial charge in [0.1, 0.15) is 12.2 Å². The second-order valence-corrected chi connectivity index (χ2v) is 3.26. The third-order valence-electron chi connectivity index (χ3n) is 2.67. The average Bonchev–Trinajstić information content (AvgIpc) is 2.16. The minimum Gasteiger partial charge on any atom is -0.369 e. The molecule has 4 nitrogen and oxygen atoms in total. The molecule has 3 atom stereocenters. The van der Waals surface area contributed by atoms with Crippen LogP contribution in [0, 0.1) is 0 Å². The van der Waals surface area contributed by atoms with Crippen molar-refractivity contribution in [1.82, 2.24) is 0 Å². The lowest BCUT2D eigenvalue weighted by Gasteiger charge is -2.50. The van der Waals surface area contributed by atoms with Crippen molar-refractivity contribution in [3.8, 4) is 0 Å². The maximum Gasteiger partial charge on any atom is 0.198 e. The van der Waals surface area contributed by atoms with Crippen LogP contribution in [0.15, 0.2) is 0 Å². The number of fused-ring (bicyclic) bond motifs is 1. The molecule has 2 fully saturated rings. The van der Waals surface area contributed by atoms with Crippen molar-refractivity contribution < 1.29 is 19.0 Å². The SMILES string of the molecule is CO[C@@]1(C)C(=O)[C@@H]2OCCO[C@@H]21. The topological polar surface area (TPSA) is 44.8 Å². The standard InChI is InChI=1S/C8H12O4/c1-8(10-2)6(9)5-7(8)12-4-3-11-5/h5,7H,3-4H2,1-2H3/t5-,7-,8-/m0/s1. The number of Topliss-reactive ketones (excluding diaryl/α,β-unsaturated/α-hetero) is 1. The molecular formula is C8H12O4. The second kappa shape index (κ2) is 2.52. The van der Waals surface area contributed by atoms with Crippen LogP contribution >= 0.6 is 0 Å². The van der Waals surface area contributed by atoms with E-state index in [9.17, 15) is 4.79 Å². The molecule has 1 saturated heterocycles. The van der Waals surface area contributed by atoms with Crippen LogP contribution in [0.2, 0.25) is 0 Å². The number of carbonyl (C=O) groups is 1. The highest BCUT2D eigenvalue weighted by Crippen LogP contribution is 2.37. The van der Waals surface area contributed by atoms with Gasteiger partial charge in [-0.2, -0.15) is 0 Å². The summed E-state index contributed by atoms with van der Waals surface area (Å²) in [7, 11) is 1.52. The Hall–Kier alpha value is -0.450. The molecule has 0 aromatic carbocycles. The first-order valence-corrected chi connectivity index (χ1v) is 4.03. The van der Waals surface area contributed by atoms with Crippen LogP contribution in [-0.2, 0) is 19.0 Å². The lowest BCUT2D eigenvalue weighted by molar-refractivity contribution is -0.255. The molecule has 68 valence electrons. The minimum atomic E-state index is -0.773. The van der Waals surface area contributed by atoms with Crippen LogP contribution < -0.4 is 0 Å². The van der Waals surface area contributed by atoms with Gasteiger partial charge in [0.2, 0.25) is 0 Å². The average molecular weight is 172 g/mol. The van der Waals surface area contributed by atoms with E-state index in [1.165, 1.54) is 7.11 Å². The van der Waals surface area contributed by atoms with E-state index in [1.54, 1.807) is 6.92 Å². The summed E-state index contributed by atoms with van der Waals surface area (Å²) in [4.78, 5) is 11.4. The van der Waals surface area contributed by atoms with Gasteiger partial charge in [-0.1, -0.05) is 0 Å². The predicted octanol–water partition coefficient (Wildman–Crippen LogP) is -0.242. The molecule has 0 spiro atoms. The molecule has 1 heterocycles. The smallest absolute Gasteiger partial charge is 0.198 e. The molecular weight excluding hydrogens is 160 g/mol. The van der Waals surface area contributed by atoms with Gasteiger partial charge in [0.15, 0.2) is 11.4 Å². The van der Waals surface area contributed by atoms with Crippen LogP contribution in [0.25, 0.3) is 0 Å². The van der Waals surface area contributed by atoms with E-state index in [1.807, 2.05) is 0 Å². The van der Waals surface area contributed by atoms with Crippen molar-refractivity contribution in [2.45, 2.75) is 24.7 Å². The maximum absolute atomic E-state index is 11.4. The minimum absolute atomic E-state index is 0.00491. The Labute approximate surface area is 70.8 Å². The molecule has 12 heavy (non-hydrogen) atoms. The van der Waals surface area contributed by atoms with Gasteiger partial charge in [-0.3, -0.25) is 4.79 Å². The van der Waals surface area contributed by atoms with Crippen molar-refractivity contribution in [1.29, 1.82) is 0 Å². The van der Waals surface area contributed by atoms with E-state index in [0.717, 1.165) is 0 Å². The van der Waals surface area contributed by atoms with Crippen LogP contribution in [-0.4, -0.2) is 43.9 Å². The number of hydrogen-bond donors (Lipinski definition) is 0. The van der Waals surface area contributed by atoms with E-state index in [2.05, 4.69) is 0 Å². The van der Waals surface area contributed by atoms with E-state index >= 15 is 0 Å². The molecule has 0 amide bonds. The van der Waals surface area contributed by atoms with E-state index < -0.39 is 5.60 Å². The highest BCUT2D eigenvalue weighted by molar-refractivity contribution is 5.99. The Kier molecular flexibility index (Phi) is 1.71. The van der Waals surface area contributed by atoms with E-state index in [4.69, 9.17) is 14.2 Å². The van der Waals surface area contributed by atoms with Gasteiger partial charge >= 0.3 is 0 Å². The van der Waals surface area contributed by atoms with Crippen LogP contribution in [0.3, 0.4) is 0 Å². The van der Waals surface area contributed by atoms with Gasteiger partial charge in [0.25, 0.3) is 0 Å². The molecule has 0 aromatic rings. The zero-order chi connectivity index (χ0) is 8.77. The molecule has 0 aromatic heterocycles. The summed E-state index contributed by atoms with van der Waals surface area (Å²) in [5.74, 6) is -0.00491. The van der Waals surface area contributed by atoms with Crippen LogP contribution in [0.5, 0.6) is 0 Å². The quantitative estimate of drug-likeness (QED) is 0.547. The summed E-state index contributed by atoms with van der Waals surface area (Å²) in [6.07, 6.45) is -0.590. The fraction of sp³-hybridized carbons (Fsp3) is 0.875. The Morgan fingerprint density at radius 2 is 2.17 bits per heavy atom. The van der Waals surface area contributed by atoms with Crippen LogP contribution in [0.1, 0.15) is 6.92 Å². The molecule has 2 rings (SSSR count). The highest BCUT2D eigenvalue weighted by atomic mass is 16.6. The van der Waals surface area contributed by atoms with Gasteiger partial charge < -0.3 is 14.2 Å². The number of ether oxygens (including phenoxy) is 3. The first-order valence-electron chi connectivity index (χ1n) is 4.03. The van der Waals surface area contributed by atoms with Crippen molar-refractivity contribution in [3.63, 3.8) is 0 Å². The molecule has 1 aliphatic carbocycles. The number of ketones is 1. The van der Waals surface area contributed by atoms with Crippen molar-refractivity contribution in [2.24, 2.45) is 0 Å². The fourth-order valence-electron chi connectivity index (χ4n) is 1.73. The van der Waals surface area contributed by atoms with Crippen molar-refractivity contribution in [3.05, 3.63) is 0 Å². The Bertz CT molecular complexity index is 215. The monoisotopic (exact) mass is 172 g/mol. The summed E-state index contributed by atoms with van der Waals surface area (Å²) in [6, 6.07) is 0. The number of methoxy groups -OCH3 is 1. The second-order valence-electron chi connectivity index (χ2n) is 3.26. The molecule has 1 aliphatic heterocycles. The fourth-order valence-corrected chi connectivity index (χ4v) is 1.73. The maximum atomic E-state index is 11.4. The summed E-state index contributed by atoms with van der Waals surface area (Å²) < 4.78 is 15.7. The summed E-state index contributed by atoms with van der Waals surface area (Å²) in [5, 5.41) is 0. The largest absolute Gasteiger partial charge is 0.369 e. The van der Waals surface area contributed by atoms with E-state index in [0.29, 0.717) is 13.2 Å². The lowest BCUT2D eigenvalue weighted by atomic mass is 9.73. The third kappa shape index (κ3) is 0.800.